The number of aromatic nitrogens is 2. The Morgan fingerprint density at radius 2 is 0.494 bits per heavy atom. The first-order chi connectivity index (χ1) is 38.8. The van der Waals surface area contributed by atoms with Gasteiger partial charge in [-0.15, -0.1) is 0 Å². The fourth-order valence-corrected chi connectivity index (χ4v) is 67.2. The highest BCUT2D eigenvalue weighted by Crippen LogP contribution is 2.54. The second kappa shape index (κ2) is 36.0. The van der Waals surface area contributed by atoms with E-state index in [0.717, 1.165) is 0 Å². The molecule has 0 aliphatic heterocycles. The molecule has 0 atom stereocenters. The van der Waals surface area contributed by atoms with Crippen molar-refractivity contribution in [2.24, 2.45) is 0 Å². The van der Waals surface area contributed by atoms with Gasteiger partial charge in [-0.05, 0) is 74.4 Å². The fourth-order valence-electron chi connectivity index (χ4n) is 15.9. The first-order valence-electron chi connectivity index (χ1n) is 34.8. The normalized spacial score (nSPS) is 12.7. The van der Waals surface area contributed by atoms with Crippen LogP contribution >= 0.6 is 0 Å². The van der Waals surface area contributed by atoms with E-state index >= 15 is 0 Å². The molecule has 0 unspecified atom stereocenters. The summed E-state index contributed by atoms with van der Waals surface area (Å²) in [5.74, 6) is 0. The van der Waals surface area contributed by atoms with E-state index in [-0.39, 0.29) is 0 Å². The van der Waals surface area contributed by atoms with Crippen LogP contribution in [0.3, 0.4) is 0 Å². The summed E-state index contributed by atoms with van der Waals surface area (Å²) in [6, 6.07) is 45.2. The molecule has 0 aliphatic rings. The number of hydrogen-bond donors (Lipinski definition) is 0. The maximum absolute atomic E-state index is 3.46. The Morgan fingerprint density at radius 1 is 0.253 bits per heavy atom. The van der Waals surface area contributed by atoms with E-state index in [2.05, 4.69) is 149 Å². The molecule has 0 bridgehead atoms. The van der Waals surface area contributed by atoms with Crippen LogP contribution in [0.15, 0.2) is 84.9 Å². The number of fused-ring (bicyclic) bond motifs is 6. The second-order valence-corrected chi connectivity index (χ2v) is 49.0. The standard InChI is InChI=1S/C74H122N2Si3/c1-9-15-21-27-33-43-57-77(58-44-34-28-22-16-10-2,75-71-51-41-39-49-67(71)69-63-65(7)53-55-73(69)75)79(61-47-37-31-25-19-13-5,62-48-38-32-26-20-14-6)78(59-45-35-29-23-17-11-3,60-46-36-30-24-18-12-4)76-72-52-42-40-50-68(72)70-64-66(8)54-56-74(70)76/h39-42,49-56,63-64H,9-38,43-48,57-62H2,1-8H3. The number of aryl methyl sites for hydroxylation is 2. The third-order valence-electron chi connectivity index (χ3n) is 20.0. The predicted molar refractivity (Wildman–Crippen MR) is 366 cm³/mol. The van der Waals surface area contributed by atoms with Crippen molar-refractivity contribution in [3.8, 4) is 0 Å². The minimum absolute atomic E-state index is 1.33. The van der Waals surface area contributed by atoms with Gasteiger partial charge >= 0.3 is 0 Å². The molecule has 5 heteroatoms. The van der Waals surface area contributed by atoms with Crippen LogP contribution in [0.5, 0.6) is 0 Å². The smallest absolute Gasteiger partial charge is 0.151 e. The summed E-state index contributed by atoms with van der Waals surface area (Å²) in [5, 5.41) is 6.23. The Bertz CT molecular complexity index is 2370. The van der Waals surface area contributed by atoms with Crippen LogP contribution < -0.4 is 0 Å². The highest BCUT2D eigenvalue weighted by atomic mass is 29.6. The molecule has 0 spiro atoms. The molecule has 0 saturated heterocycles. The third kappa shape index (κ3) is 17.1. The van der Waals surface area contributed by atoms with Gasteiger partial charge in [0.1, 0.15) is 0 Å². The summed E-state index contributed by atoms with van der Waals surface area (Å²) < 4.78 is 6.91. The maximum atomic E-state index is 3.46. The summed E-state index contributed by atoms with van der Waals surface area (Å²) in [7, 11) is -7.65. The quantitative estimate of drug-likeness (QED) is 0.0266. The molecule has 0 amide bonds. The van der Waals surface area contributed by atoms with Crippen LogP contribution in [0.4, 0.5) is 0 Å². The summed E-state index contributed by atoms with van der Waals surface area (Å²) >= 11 is 0. The van der Waals surface area contributed by atoms with Gasteiger partial charge in [0.2, 0.25) is 0 Å². The Balaban J connectivity index is 1.84. The molecule has 6 rings (SSSR count). The molecular weight excluding hydrogens is 1000 g/mol. The molecule has 4 aromatic carbocycles. The number of rotatable bonds is 46. The number of hydrogen-bond acceptors (Lipinski definition) is 0. The molecule has 2 aromatic heterocycles. The lowest BCUT2D eigenvalue weighted by molar-refractivity contribution is 0.608. The molecular formula is C74H122N2Si3. The Morgan fingerprint density at radius 3 is 0.785 bits per heavy atom. The molecule has 0 N–H and O–H groups in total. The second-order valence-electron chi connectivity index (χ2n) is 26.0. The van der Waals surface area contributed by atoms with Crippen molar-refractivity contribution >= 4 is 66.2 Å². The van der Waals surface area contributed by atoms with Crippen LogP contribution in [0.2, 0.25) is 36.3 Å². The van der Waals surface area contributed by atoms with Crippen molar-refractivity contribution in [2.75, 3.05) is 0 Å². The minimum Gasteiger partial charge on any atom is -0.370 e. The fraction of sp³-hybridized carbons (Fsp3) is 0.676. The van der Waals surface area contributed by atoms with Gasteiger partial charge in [-0.2, -0.15) is 0 Å². The molecule has 79 heavy (non-hydrogen) atoms. The van der Waals surface area contributed by atoms with Gasteiger partial charge in [0.25, 0.3) is 0 Å². The van der Waals surface area contributed by atoms with Gasteiger partial charge in [0, 0.05) is 43.6 Å². The summed E-state index contributed by atoms with van der Waals surface area (Å²) in [6.45, 7) is 19.3. The lowest BCUT2D eigenvalue weighted by Crippen LogP contribution is -2.82. The first-order valence-corrected chi connectivity index (χ1v) is 44.0. The number of nitrogens with zero attached hydrogens (tertiary/aromatic N) is 2. The van der Waals surface area contributed by atoms with Crippen LogP contribution in [-0.2, 0) is 0 Å². The lowest BCUT2D eigenvalue weighted by atomic mass is 10.1. The van der Waals surface area contributed by atoms with E-state index < -0.39 is 22.6 Å². The van der Waals surface area contributed by atoms with E-state index in [1.165, 1.54) is 266 Å². The average molecular weight is 1120 g/mol. The number of para-hydroxylation sites is 2. The van der Waals surface area contributed by atoms with Crippen molar-refractivity contribution in [3.63, 3.8) is 0 Å². The van der Waals surface area contributed by atoms with Gasteiger partial charge < -0.3 is 8.47 Å². The van der Waals surface area contributed by atoms with Gasteiger partial charge in [0.05, 0.1) is 7.11 Å². The molecule has 2 nitrogen and oxygen atoms in total. The first kappa shape index (κ1) is 65.3. The Kier molecular flexibility index (Phi) is 29.7. The zero-order valence-electron chi connectivity index (χ0n) is 53.2. The van der Waals surface area contributed by atoms with E-state index in [0.29, 0.717) is 0 Å². The average Bonchev–Trinajstić information content (AvgIpc) is 4.20. The highest BCUT2D eigenvalue weighted by molar-refractivity contribution is 7.69. The minimum atomic E-state index is -2.58. The van der Waals surface area contributed by atoms with E-state index in [9.17, 15) is 0 Å². The van der Waals surface area contributed by atoms with Crippen LogP contribution in [0.1, 0.15) is 284 Å². The van der Waals surface area contributed by atoms with E-state index in [1.54, 1.807) is 55.7 Å². The largest absolute Gasteiger partial charge is 0.370 e. The molecule has 0 fully saturated rings. The Labute approximate surface area is 490 Å². The van der Waals surface area contributed by atoms with Gasteiger partial charge in [-0.3, -0.25) is 0 Å². The monoisotopic (exact) mass is 1120 g/mol. The summed E-state index contributed by atoms with van der Waals surface area (Å²) in [6.07, 6.45) is 50.4. The van der Waals surface area contributed by atoms with Crippen molar-refractivity contribution < 1.29 is 0 Å². The molecule has 0 radical (unpaired) electrons. The predicted octanol–water partition coefficient (Wildman–Crippen LogP) is 25.6. The van der Waals surface area contributed by atoms with E-state index in [1.807, 2.05) is 0 Å². The van der Waals surface area contributed by atoms with Crippen LogP contribution in [0.25, 0.3) is 43.6 Å². The topological polar surface area (TPSA) is 9.86 Å². The van der Waals surface area contributed by atoms with Crippen molar-refractivity contribution in [1.29, 1.82) is 0 Å². The molecule has 0 aliphatic carbocycles. The van der Waals surface area contributed by atoms with Crippen molar-refractivity contribution in [2.45, 2.75) is 323 Å². The van der Waals surface area contributed by atoms with Crippen LogP contribution in [-0.4, -0.2) is 31.1 Å². The van der Waals surface area contributed by atoms with Gasteiger partial charge in [-0.25, -0.2) is 0 Å². The SMILES string of the molecule is CCCCCCCC[Si](CCCCCCCC)(n1c2ccccc2c2cc(C)ccc21)[Si](CCCCCCCC)(CCCCCCCC)[Si](CCCCCCCC)(CCCCCCCC)n1c2ccccc2c2cc(C)ccc21. The maximum Gasteiger partial charge on any atom is 0.151 e. The van der Waals surface area contributed by atoms with E-state index in [4.69, 9.17) is 0 Å². The van der Waals surface area contributed by atoms with Crippen molar-refractivity contribution in [3.05, 3.63) is 96.1 Å². The van der Waals surface area contributed by atoms with Gasteiger partial charge in [-0.1, -0.05) is 344 Å². The highest BCUT2D eigenvalue weighted by Gasteiger charge is 2.67. The third-order valence-corrected chi connectivity index (χ3v) is 59.8. The zero-order chi connectivity index (χ0) is 56.0. The summed E-state index contributed by atoms with van der Waals surface area (Å²) in [5.41, 5.74) is 9.39. The van der Waals surface area contributed by atoms with Crippen LogP contribution in [0, 0.1) is 13.8 Å². The molecule has 0 saturated carbocycles. The van der Waals surface area contributed by atoms with Crippen molar-refractivity contribution in [1.82, 2.24) is 8.47 Å². The molecule has 6 aromatic rings. The van der Waals surface area contributed by atoms with Gasteiger partial charge in [0.15, 0.2) is 15.5 Å². The molecule has 440 valence electrons. The Hall–Kier alpha value is -2.87. The number of unbranched alkanes of at least 4 members (excludes halogenated alkanes) is 30. The molecule has 2 heterocycles. The summed E-state index contributed by atoms with van der Waals surface area (Å²) in [4.78, 5) is 0. The zero-order valence-corrected chi connectivity index (χ0v) is 56.2. The number of benzene rings is 4. The lowest BCUT2D eigenvalue weighted by Gasteiger charge is -2.60.